The number of nitrogens with one attached hydrogen (secondary N) is 2. The van der Waals surface area contributed by atoms with Crippen LogP contribution in [0.25, 0.3) is 0 Å². The van der Waals surface area contributed by atoms with Gasteiger partial charge in [0.25, 0.3) is 0 Å². The van der Waals surface area contributed by atoms with Gasteiger partial charge in [-0.05, 0) is 37.8 Å². The normalized spacial score (nSPS) is 11.2. The van der Waals surface area contributed by atoms with Gasteiger partial charge in [0.05, 0.1) is 12.2 Å². The Bertz CT molecular complexity index is 727. The molecule has 0 saturated carbocycles. The zero-order valence-corrected chi connectivity index (χ0v) is 19.6. The quantitative estimate of drug-likeness (QED) is 0.250. The van der Waals surface area contributed by atoms with Crippen molar-refractivity contribution in [2.24, 2.45) is 12.0 Å². The Morgan fingerprint density at radius 1 is 1.19 bits per heavy atom. The fraction of sp³-hybridized carbons (Fsp3) is 0.526. The average molecular weight is 505 g/mol. The summed E-state index contributed by atoms with van der Waals surface area (Å²) in [4.78, 5) is 8.88. The van der Waals surface area contributed by atoms with Crippen molar-refractivity contribution in [2.45, 2.75) is 46.6 Å². The molecule has 0 aliphatic rings. The molecule has 6 nitrogen and oxygen atoms in total. The van der Waals surface area contributed by atoms with Crippen molar-refractivity contribution in [3.8, 4) is 0 Å². The van der Waals surface area contributed by atoms with E-state index in [2.05, 4.69) is 41.5 Å². The molecule has 27 heavy (non-hydrogen) atoms. The van der Waals surface area contributed by atoms with Gasteiger partial charge in [0, 0.05) is 37.6 Å². The molecule has 0 atom stereocenters. The van der Waals surface area contributed by atoms with Crippen LogP contribution >= 0.6 is 35.6 Å². The first-order chi connectivity index (χ1) is 12.6. The molecule has 2 N–H and O–H groups in total. The summed E-state index contributed by atoms with van der Waals surface area (Å²) < 4.78 is 1.98. The van der Waals surface area contributed by atoms with Crippen molar-refractivity contribution >= 4 is 41.5 Å². The van der Waals surface area contributed by atoms with Gasteiger partial charge >= 0.3 is 0 Å². The fourth-order valence-corrected chi connectivity index (χ4v) is 3.06. The molecule has 2 aromatic rings. The van der Waals surface area contributed by atoms with Crippen molar-refractivity contribution in [1.29, 1.82) is 0 Å². The minimum Gasteiger partial charge on any atom is -0.357 e. The minimum absolute atomic E-state index is 0. The van der Waals surface area contributed by atoms with E-state index in [4.69, 9.17) is 16.6 Å². The van der Waals surface area contributed by atoms with Gasteiger partial charge in [-0.1, -0.05) is 31.5 Å². The number of hydrogen-bond donors (Lipinski definition) is 2. The summed E-state index contributed by atoms with van der Waals surface area (Å²) in [5.41, 5.74) is 4.79. The zero-order chi connectivity index (χ0) is 18.9. The molecule has 0 fully saturated rings. The summed E-state index contributed by atoms with van der Waals surface area (Å²) in [6, 6.07) is 3.81. The van der Waals surface area contributed by atoms with Gasteiger partial charge < -0.3 is 10.6 Å². The molecular formula is C19H30ClIN6. The number of halogens is 2. The Morgan fingerprint density at radius 2 is 1.96 bits per heavy atom. The number of aliphatic imine (C=N–C) groups is 1. The van der Waals surface area contributed by atoms with Crippen molar-refractivity contribution in [3.63, 3.8) is 0 Å². The van der Waals surface area contributed by atoms with E-state index in [1.165, 1.54) is 11.3 Å². The third kappa shape index (κ3) is 6.95. The van der Waals surface area contributed by atoms with Crippen LogP contribution in [0.2, 0.25) is 5.15 Å². The summed E-state index contributed by atoms with van der Waals surface area (Å²) in [5, 5.41) is 11.8. The molecule has 2 aromatic heterocycles. The van der Waals surface area contributed by atoms with Crippen LogP contribution in [-0.4, -0.2) is 33.8 Å². The first-order valence-electron chi connectivity index (χ1n) is 9.25. The number of aryl methyl sites for hydroxylation is 2. The van der Waals surface area contributed by atoms with Crippen molar-refractivity contribution < 1.29 is 0 Å². The zero-order valence-electron chi connectivity index (χ0n) is 16.5. The Morgan fingerprint density at radius 3 is 2.56 bits per heavy atom. The van der Waals surface area contributed by atoms with E-state index >= 15 is 0 Å². The number of pyridine rings is 1. The molecule has 0 bridgehead atoms. The van der Waals surface area contributed by atoms with E-state index in [0.717, 1.165) is 49.6 Å². The number of aromatic nitrogens is 3. The topological polar surface area (TPSA) is 67.1 Å². The third-order valence-electron chi connectivity index (χ3n) is 4.26. The summed E-state index contributed by atoms with van der Waals surface area (Å²) in [6.45, 7) is 8.61. The Kier molecular flexibility index (Phi) is 10.7. The van der Waals surface area contributed by atoms with E-state index < -0.39 is 0 Å². The second-order valence-electron chi connectivity index (χ2n) is 6.06. The highest BCUT2D eigenvalue weighted by Crippen LogP contribution is 2.16. The lowest BCUT2D eigenvalue weighted by Gasteiger charge is -2.11. The number of rotatable bonds is 8. The second-order valence-corrected chi connectivity index (χ2v) is 6.45. The number of hydrogen-bond acceptors (Lipinski definition) is 3. The summed E-state index contributed by atoms with van der Waals surface area (Å²) in [7, 11) is 2.01. The van der Waals surface area contributed by atoms with Gasteiger partial charge in [-0.3, -0.25) is 4.68 Å². The first-order valence-corrected chi connectivity index (χ1v) is 9.63. The van der Waals surface area contributed by atoms with E-state index in [-0.39, 0.29) is 24.0 Å². The molecule has 0 amide bonds. The molecule has 0 unspecified atom stereocenters. The Labute approximate surface area is 184 Å². The summed E-state index contributed by atoms with van der Waals surface area (Å²) in [6.07, 6.45) is 4.56. The van der Waals surface area contributed by atoms with E-state index in [1.807, 2.05) is 30.1 Å². The monoisotopic (exact) mass is 504 g/mol. The molecule has 2 heterocycles. The van der Waals surface area contributed by atoms with E-state index in [9.17, 15) is 0 Å². The lowest BCUT2D eigenvalue weighted by Crippen LogP contribution is -2.38. The SMILES string of the molecule is CCNC(=NCc1c(CC)nn(C)c1CC)NCCc1ccc(Cl)nc1.I. The lowest BCUT2D eigenvalue weighted by molar-refractivity contribution is 0.703. The molecule has 0 spiro atoms. The average Bonchev–Trinajstić information content (AvgIpc) is 2.95. The molecule has 150 valence electrons. The Hall–Kier alpha value is -1.35. The molecule has 8 heteroatoms. The van der Waals surface area contributed by atoms with Gasteiger partial charge in [0.15, 0.2) is 5.96 Å². The number of nitrogens with zero attached hydrogens (tertiary/aromatic N) is 4. The third-order valence-corrected chi connectivity index (χ3v) is 4.49. The highest BCUT2D eigenvalue weighted by Gasteiger charge is 2.13. The largest absolute Gasteiger partial charge is 0.357 e. The minimum atomic E-state index is 0. The van der Waals surface area contributed by atoms with Crippen molar-refractivity contribution in [1.82, 2.24) is 25.4 Å². The smallest absolute Gasteiger partial charge is 0.191 e. The van der Waals surface area contributed by atoms with Crippen molar-refractivity contribution in [2.75, 3.05) is 13.1 Å². The molecular weight excluding hydrogens is 475 g/mol. The maximum atomic E-state index is 5.83. The molecule has 0 radical (unpaired) electrons. The second kappa shape index (κ2) is 12.2. The van der Waals surface area contributed by atoms with Crippen LogP contribution in [0.4, 0.5) is 0 Å². The summed E-state index contributed by atoms with van der Waals surface area (Å²) >= 11 is 5.83. The van der Waals surface area contributed by atoms with Crippen LogP contribution in [-0.2, 0) is 32.9 Å². The first kappa shape index (κ1) is 23.7. The maximum absolute atomic E-state index is 5.83. The highest BCUT2D eigenvalue weighted by atomic mass is 127. The van der Waals surface area contributed by atoms with E-state index in [0.29, 0.717) is 11.7 Å². The van der Waals surface area contributed by atoms with Crippen LogP contribution in [0.3, 0.4) is 0 Å². The standard InChI is InChI=1S/C19H29ClN6.HI/c1-5-16-15(17(6-2)26(4)25-16)13-24-19(21-7-3)22-11-10-14-8-9-18(20)23-12-14;/h8-9,12H,5-7,10-11,13H2,1-4H3,(H2,21,22,24);1H. The van der Waals surface area contributed by atoms with Crippen LogP contribution in [0.15, 0.2) is 23.3 Å². The van der Waals surface area contributed by atoms with Crippen LogP contribution in [0.1, 0.15) is 43.3 Å². The molecule has 0 saturated heterocycles. The van der Waals surface area contributed by atoms with Crippen LogP contribution in [0, 0.1) is 0 Å². The molecule has 0 aliphatic heterocycles. The van der Waals surface area contributed by atoms with Crippen LogP contribution < -0.4 is 10.6 Å². The molecule has 0 aliphatic carbocycles. The number of guanidine groups is 1. The lowest BCUT2D eigenvalue weighted by atomic mass is 10.1. The van der Waals surface area contributed by atoms with Gasteiger partial charge in [0.2, 0.25) is 0 Å². The fourth-order valence-electron chi connectivity index (χ4n) is 2.95. The van der Waals surface area contributed by atoms with Gasteiger partial charge in [-0.15, -0.1) is 24.0 Å². The van der Waals surface area contributed by atoms with Gasteiger partial charge in [-0.25, -0.2) is 9.98 Å². The predicted octanol–water partition coefficient (Wildman–Crippen LogP) is 3.51. The predicted molar refractivity (Wildman–Crippen MR) is 123 cm³/mol. The Balaban J connectivity index is 0.00000364. The maximum Gasteiger partial charge on any atom is 0.191 e. The van der Waals surface area contributed by atoms with Gasteiger partial charge in [0.1, 0.15) is 5.15 Å². The molecule has 2 rings (SSSR count). The van der Waals surface area contributed by atoms with Crippen molar-refractivity contribution in [3.05, 3.63) is 46.0 Å². The summed E-state index contributed by atoms with van der Waals surface area (Å²) in [5.74, 6) is 0.822. The van der Waals surface area contributed by atoms with Gasteiger partial charge in [-0.2, -0.15) is 5.10 Å². The van der Waals surface area contributed by atoms with E-state index in [1.54, 1.807) is 0 Å². The molecule has 0 aromatic carbocycles. The highest BCUT2D eigenvalue weighted by molar-refractivity contribution is 14.0. The van der Waals surface area contributed by atoms with Crippen LogP contribution in [0.5, 0.6) is 0 Å².